The Balaban J connectivity index is 2.18. The van der Waals surface area contributed by atoms with Crippen molar-refractivity contribution in [1.82, 2.24) is 14.5 Å². The Bertz CT molecular complexity index is 700. The molecule has 2 aromatic rings. The van der Waals surface area contributed by atoms with E-state index in [0.717, 1.165) is 12.1 Å². The quantitative estimate of drug-likeness (QED) is 0.917. The molecule has 1 aromatic carbocycles. The summed E-state index contributed by atoms with van der Waals surface area (Å²) in [5.41, 5.74) is 0.601. The van der Waals surface area contributed by atoms with Crippen LogP contribution in [0.5, 0.6) is 0 Å². The van der Waals surface area contributed by atoms with Gasteiger partial charge in [-0.2, -0.15) is 5.10 Å². The summed E-state index contributed by atoms with van der Waals surface area (Å²) in [6.45, 7) is 0.0764. The number of sulfonamides is 1. The zero-order valence-corrected chi connectivity index (χ0v) is 12.4. The Morgan fingerprint density at radius 1 is 1.42 bits per heavy atom. The third kappa shape index (κ3) is 3.40. The molecule has 0 saturated carbocycles. The first-order valence-electron chi connectivity index (χ1n) is 5.32. The predicted molar refractivity (Wildman–Crippen MR) is 71.3 cm³/mol. The van der Waals surface area contributed by atoms with E-state index >= 15 is 0 Å². The third-order valence-corrected chi connectivity index (χ3v) is 4.77. The normalized spacial score (nSPS) is 11.7. The van der Waals surface area contributed by atoms with Crippen LogP contribution in [0.3, 0.4) is 0 Å². The van der Waals surface area contributed by atoms with Crippen LogP contribution in [0.25, 0.3) is 0 Å². The number of halogens is 2. The van der Waals surface area contributed by atoms with Crippen LogP contribution in [0.2, 0.25) is 0 Å². The minimum atomic E-state index is -3.71. The maximum absolute atomic E-state index is 12.9. The maximum atomic E-state index is 12.9. The second-order valence-electron chi connectivity index (χ2n) is 3.88. The molecule has 0 bridgehead atoms. The number of hydrogen-bond acceptors (Lipinski definition) is 3. The van der Waals surface area contributed by atoms with Crippen molar-refractivity contribution in [3.8, 4) is 0 Å². The van der Waals surface area contributed by atoms with Crippen LogP contribution in [0, 0.1) is 5.82 Å². The van der Waals surface area contributed by atoms with Gasteiger partial charge in [0.1, 0.15) is 5.82 Å². The second-order valence-corrected chi connectivity index (χ2v) is 6.47. The van der Waals surface area contributed by atoms with E-state index in [1.807, 2.05) is 0 Å². The first-order valence-corrected chi connectivity index (χ1v) is 7.59. The van der Waals surface area contributed by atoms with E-state index < -0.39 is 15.8 Å². The number of aromatic nitrogens is 2. The maximum Gasteiger partial charge on any atom is 0.242 e. The van der Waals surface area contributed by atoms with Crippen LogP contribution in [-0.2, 0) is 23.6 Å². The number of benzene rings is 1. The molecule has 102 valence electrons. The molecule has 0 aliphatic rings. The minimum absolute atomic E-state index is 0.00942. The highest BCUT2D eigenvalue weighted by molar-refractivity contribution is 9.10. The average Bonchev–Trinajstić information content (AvgIpc) is 2.72. The summed E-state index contributed by atoms with van der Waals surface area (Å²) in [7, 11) is -1.96. The number of nitrogens with zero attached hydrogens (tertiary/aromatic N) is 2. The average molecular weight is 348 g/mol. The topological polar surface area (TPSA) is 64.0 Å². The van der Waals surface area contributed by atoms with Crippen molar-refractivity contribution in [2.75, 3.05) is 0 Å². The molecule has 19 heavy (non-hydrogen) atoms. The zero-order chi connectivity index (χ0) is 14.0. The number of rotatable bonds is 4. The van der Waals surface area contributed by atoms with E-state index in [1.54, 1.807) is 24.0 Å². The highest BCUT2D eigenvalue weighted by Crippen LogP contribution is 2.22. The number of nitrogens with one attached hydrogen (secondary N) is 1. The van der Waals surface area contributed by atoms with E-state index in [4.69, 9.17) is 0 Å². The monoisotopic (exact) mass is 347 g/mol. The summed E-state index contributed by atoms with van der Waals surface area (Å²) < 4.78 is 41.2. The Labute approximate surface area is 118 Å². The van der Waals surface area contributed by atoms with Crippen molar-refractivity contribution in [3.05, 3.63) is 46.4 Å². The lowest BCUT2D eigenvalue weighted by Crippen LogP contribution is -2.24. The third-order valence-electron chi connectivity index (χ3n) is 2.40. The standard InChI is InChI=1S/C11H11BrFN3O2S/c1-16-5-4-9(15-16)7-14-19(17,18)11-3-2-8(13)6-10(11)12/h2-6,14H,7H2,1H3. The first kappa shape index (κ1) is 14.2. The molecule has 0 atom stereocenters. The van der Waals surface area contributed by atoms with Gasteiger partial charge in [0.25, 0.3) is 0 Å². The predicted octanol–water partition coefficient (Wildman–Crippen LogP) is 1.80. The van der Waals surface area contributed by atoms with Crippen molar-refractivity contribution in [1.29, 1.82) is 0 Å². The van der Waals surface area contributed by atoms with Gasteiger partial charge in [0.2, 0.25) is 10.0 Å². The van der Waals surface area contributed by atoms with Crippen LogP contribution >= 0.6 is 15.9 Å². The first-order chi connectivity index (χ1) is 8.88. The summed E-state index contributed by atoms with van der Waals surface area (Å²) in [6.07, 6.45) is 1.72. The minimum Gasteiger partial charge on any atom is -0.276 e. The van der Waals surface area contributed by atoms with Gasteiger partial charge in [-0.05, 0) is 40.2 Å². The Hall–Kier alpha value is -1.25. The fourth-order valence-electron chi connectivity index (χ4n) is 1.50. The lowest BCUT2D eigenvalue weighted by atomic mass is 10.3. The molecule has 0 unspecified atom stereocenters. The highest BCUT2D eigenvalue weighted by Gasteiger charge is 2.18. The van der Waals surface area contributed by atoms with Crippen LogP contribution in [0.15, 0.2) is 39.8 Å². The second kappa shape index (κ2) is 5.40. The molecule has 1 aromatic heterocycles. The lowest BCUT2D eigenvalue weighted by Gasteiger charge is -2.07. The molecule has 1 heterocycles. The summed E-state index contributed by atoms with van der Waals surface area (Å²) in [5, 5.41) is 4.06. The van der Waals surface area contributed by atoms with Gasteiger partial charge in [-0.1, -0.05) is 0 Å². The number of hydrogen-bond donors (Lipinski definition) is 1. The van der Waals surface area contributed by atoms with Gasteiger partial charge in [-0.15, -0.1) is 0 Å². The molecule has 8 heteroatoms. The molecule has 0 aliphatic carbocycles. The summed E-state index contributed by atoms with van der Waals surface area (Å²) in [4.78, 5) is -0.00942. The number of aryl methyl sites for hydroxylation is 1. The van der Waals surface area contributed by atoms with Gasteiger partial charge in [-0.25, -0.2) is 17.5 Å². The van der Waals surface area contributed by atoms with Crippen molar-refractivity contribution in [3.63, 3.8) is 0 Å². The largest absolute Gasteiger partial charge is 0.276 e. The van der Waals surface area contributed by atoms with Gasteiger partial charge in [0.15, 0.2) is 0 Å². The van der Waals surface area contributed by atoms with E-state index in [0.29, 0.717) is 5.69 Å². The summed E-state index contributed by atoms with van der Waals surface area (Å²) >= 11 is 3.03. The van der Waals surface area contributed by atoms with Crippen LogP contribution in [-0.4, -0.2) is 18.2 Å². The van der Waals surface area contributed by atoms with Gasteiger partial charge in [-0.3, -0.25) is 4.68 Å². The van der Waals surface area contributed by atoms with Crippen LogP contribution in [0.4, 0.5) is 4.39 Å². The highest BCUT2D eigenvalue weighted by atomic mass is 79.9. The van der Waals surface area contributed by atoms with E-state index in [2.05, 4.69) is 25.8 Å². The van der Waals surface area contributed by atoms with Crippen molar-refractivity contribution in [2.24, 2.45) is 7.05 Å². The van der Waals surface area contributed by atoms with Gasteiger partial charge in [0.05, 0.1) is 17.1 Å². The SMILES string of the molecule is Cn1ccc(CNS(=O)(=O)c2ccc(F)cc2Br)n1. The lowest BCUT2D eigenvalue weighted by molar-refractivity contribution is 0.578. The zero-order valence-electron chi connectivity index (χ0n) is 9.97. The molecule has 0 amide bonds. The fraction of sp³-hybridized carbons (Fsp3) is 0.182. The molecule has 1 N–H and O–H groups in total. The molecule has 0 radical (unpaired) electrons. The van der Waals surface area contributed by atoms with Crippen LogP contribution in [0.1, 0.15) is 5.69 Å². The fourth-order valence-corrected chi connectivity index (χ4v) is 3.54. The van der Waals surface area contributed by atoms with Gasteiger partial charge >= 0.3 is 0 Å². The van der Waals surface area contributed by atoms with E-state index in [1.165, 1.54) is 6.07 Å². The van der Waals surface area contributed by atoms with Crippen molar-refractivity contribution < 1.29 is 12.8 Å². The Kier molecular flexibility index (Phi) is 4.02. The van der Waals surface area contributed by atoms with E-state index in [9.17, 15) is 12.8 Å². The Morgan fingerprint density at radius 3 is 2.74 bits per heavy atom. The molecule has 0 saturated heterocycles. The van der Waals surface area contributed by atoms with Crippen molar-refractivity contribution >= 4 is 26.0 Å². The molecule has 2 rings (SSSR count). The molecular weight excluding hydrogens is 337 g/mol. The smallest absolute Gasteiger partial charge is 0.242 e. The molecule has 0 aliphatic heterocycles. The molecular formula is C11H11BrFN3O2S. The van der Waals surface area contributed by atoms with Crippen molar-refractivity contribution in [2.45, 2.75) is 11.4 Å². The molecule has 0 fully saturated rings. The molecule has 0 spiro atoms. The van der Waals surface area contributed by atoms with Gasteiger partial charge in [0, 0.05) is 17.7 Å². The van der Waals surface area contributed by atoms with Crippen LogP contribution < -0.4 is 4.72 Å². The Morgan fingerprint density at radius 2 is 2.16 bits per heavy atom. The summed E-state index contributed by atoms with van der Waals surface area (Å²) in [5.74, 6) is -0.504. The molecule has 5 nitrogen and oxygen atoms in total. The summed E-state index contributed by atoms with van der Waals surface area (Å²) in [6, 6.07) is 5.12. The van der Waals surface area contributed by atoms with Gasteiger partial charge < -0.3 is 0 Å². The van der Waals surface area contributed by atoms with E-state index in [-0.39, 0.29) is 15.9 Å².